The number of nitrogens with one attached hydrogen (secondary N) is 1. The molecule has 8 nitrogen and oxygen atoms in total. The van der Waals surface area contributed by atoms with Crippen LogP contribution in [0.3, 0.4) is 0 Å². The van der Waals surface area contributed by atoms with Crippen LogP contribution in [0.25, 0.3) is 0 Å². The topological polar surface area (TPSA) is 119 Å². The van der Waals surface area contributed by atoms with Gasteiger partial charge in [0.15, 0.2) is 0 Å². The largest absolute Gasteiger partial charge is 0.444 e. The number of amides is 2. The summed E-state index contributed by atoms with van der Waals surface area (Å²) in [7, 11) is -2.69. The third-order valence-corrected chi connectivity index (χ3v) is 3.54. The van der Waals surface area contributed by atoms with Crippen LogP contribution in [0.1, 0.15) is 20.8 Å². The van der Waals surface area contributed by atoms with Crippen LogP contribution in [0.4, 0.5) is 14.9 Å². The van der Waals surface area contributed by atoms with Crippen molar-refractivity contribution in [3.63, 3.8) is 0 Å². The molecule has 1 rings (SSSR count). The summed E-state index contributed by atoms with van der Waals surface area (Å²) in [5.41, 5.74) is -0.942. The maximum absolute atomic E-state index is 13.8. The third-order valence-electron chi connectivity index (χ3n) is 2.63. The van der Waals surface area contributed by atoms with E-state index in [-0.39, 0.29) is 12.2 Å². The zero-order valence-electron chi connectivity index (χ0n) is 13.8. The Labute approximate surface area is 139 Å². The van der Waals surface area contributed by atoms with E-state index in [0.717, 1.165) is 17.0 Å². The molecular formula is C14H20FN3O5S. The van der Waals surface area contributed by atoms with Gasteiger partial charge >= 0.3 is 6.09 Å². The number of sulfonamides is 1. The van der Waals surface area contributed by atoms with E-state index < -0.39 is 38.3 Å². The lowest BCUT2D eigenvalue weighted by Crippen LogP contribution is -2.38. The number of rotatable bonds is 4. The summed E-state index contributed by atoms with van der Waals surface area (Å²) in [4.78, 5) is 24.2. The Morgan fingerprint density at radius 2 is 1.92 bits per heavy atom. The molecule has 134 valence electrons. The Balaban J connectivity index is 2.74. The number of halogens is 1. The molecule has 0 aromatic heterocycles. The van der Waals surface area contributed by atoms with Gasteiger partial charge in [0.2, 0.25) is 15.9 Å². The van der Waals surface area contributed by atoms with Crippen LogP contribution in [0.15, 0.2) is 23.1 Å². The number of benzene rings is 1. The number of hydrogen-bond donors (Lipinski definition) is 2. The molecule has 1 aromatic carbocycles. The Morgan fingerprint density at radius 3 is 2.38 bits per heavy atom. The van der Waals surface area contributed by atoms with Crippen molar-refractivity contribution in [1.82, 2.24) is 4.90 Å². The van der Waals surface area contributed by atoms with Crippen molar-refractivity contribution in [2.24, 2.45) is 5.14 Å². The van der Waals surface area contributed by atoms with Gasteiger partial charge < -0.3 is 15.0 Å². The summed E-state index contributed by atoms with van der Waals surface area (Å²) in [5.74, 6) is -1.64. The first-order valence-corrected chi connectivity index (χ1v) is 8.40. The van der Waals surface area contributed by atoms with E-state index >= 15 is 0 Å². The number of anilines is 1. The highest BCUT2D eigenvalue weighted by Gasteiger charge is 2.21. The average molecular weight is 361 g/mol. The highest BCUT2D eigenvalue weighted by Crippen LogP contribution is 2.18. The van der Waals surface area contributed by atoms with Crippen molar-refractivity contribution in [1.29, 1.82) is 0 Å². The van der Waals surface area contributed by atoms with Gasteiger partial charge in [-0.3, -0.25) is 4.79 Å². The minimum Gasteiger partial charge on any atom is -0.444 e. The van der Waals surface area contributed by atoms with Crippen molar-refractivity contribution in [3.05, 3.63) is 24.0 Å². The lowest BCUT2D eigenvalue weighted by Gasteiger charge is -2.24. The number of nitrogens with two attached hydrogens (primary N) is 1. The Kier molecular flexibility index (Phi) is 5.90. The van der Waals surface area contributed by atoms with Gasteiger partial charge in [0.25, 0.3) is 0 Å². The molecule has 24 heavy (non-hydrogen) atoms. The molecule has 0 aliphatic carbocycles. The molecule has 3 N–H and O–H groups in total. The van der Waals surface area contributed by atoms with Gasteiger partial charge in [-0.1, -0.05) is 0 Å². The molecule has 0 saturated carbocycles. The predicted molar refractivity (Wildman–Crippen MR) is 85.3 cm³/mol. The van der Waals surface area contributed by atoms with E-state index in [0.29, 0.717) is 6.07 Å². The van der Waals surface area contributed by atoms with E-state index in [4.69, 9.17) is 9.88 Å². The van der Waals surface area contributed by atoms with Crippen molar-refractivity contribution in [3.8, 4) is 0 Å². The molecule has 0 spiro atoms. The predicted octanol–water partition coefficient (Wildman–Crippen LogP) is 1.28. The maximum atomic E-state index is 13.8. The van der Waals surface area contributed by atoms with E-state index in [1.165, 1.54) is 7.05 Å². The number of ether oxygens (including phenoxy) is 1. The Hall–Kier alpha value is -2.20. The van der Waals surface area contributed by atoms with Gasteiger partial charge in [0.1, 0.15) is 18.0 Å². The molecule has 10 heteroatoms. The summed E-state index contributed by atoms with van der Waals surface area (Å²) in [6.07, 6.45) is -0.706. The van der Waals surface area contributed by atoms with Gasteiger partial charge in [-0.2, -0.15) is 0 Å². The van der Waals surface area contributed by atoms with Gasteiger partial charge in [0, 0.05) is 7.05 Å². The number of hydrogen-bond acceptors (Lipinski definition) is 5. The lowest BCUT2D eigenvalue weighted by molar-refractivity contribution is -0.117. The molecule has 0 fully saturated rings. The van der Waals surface area contributed by atoms with E-state index in [2.05, 4.69) is 5.32 Å². The summed E-state index contributed by atoms with van der Waals surface area (Å²) in [6.45, 7) is 4.68. The second kappa shape index (κ2) is 7.14. The van der Waals surface area contributed by atoms with Crippen LogP contribution in [-0.4, -0.2) is 44.5 Å². The quantitative estimate of drug-likeness (QED) is 0.837. The highest BCUT2D eigenvalue weighted by molar-refractivity contribution is 7.89. The number of primary sulfonamides is 1. The smallest absolute Gasteiger partial charge is 0.410 e. The van der Waals surface area contributed by atoms with Crippen LogP contribution in [0.2, 0.25) is 0 Å². The van der Waals surface area contributed by atoms with Crippen molar-refractivity contribution < 1.29 is 27.1 Å². The second-order valence-corrected chi connectivity index (χ2v) is 7.63. The lowest BCUT2D eigenvalue weighted by atomic mass is 10.2. The fraction of sp³-hybridized carbons (Fsp3) is 0.429. The van der Waals surface area contributed by atoms with E-state index in [9.17, 15) is 22.4 Å². The fourth-order valence-corrected chi connectivity index (χ4v) is 2.11. The molecular weight excluding hydrogens is 341 g/mol. The molecule has 0 radical (unpaired) electrons. The Morgan fingerprint density at radius 1 is 1.33 bits per heavy atom. The minimum atomic E-state index is -4.04. The van der Waals surface area contributed by atoms with Crippen molar-refractivity contribution in [2.75, 3.05) is 18.9 Å². The normalized spacial score (nSPS) is 11.8. The van der Waals surface area contributed by atoms with Crippen molar-refractivity contribution in [2.45, 2.75) is 31.3 Å². The number of carbonyl (C=O) groups is 2. The van der Waals surface area contributed by atoms with Crippen LogP contribution >= 0.6 is 0 Å². The SMILES string of the molecule is CN(CC(=O)Nc1ccc(S(N)(=O)=O)cc1F)C(=O)OC(C)(C)C. The van der Waals surface area contributed by atoms with Gasteiger partial charge in [-0.25, -0.2) is 22.7 Å². The Bertz CT molecular complexity index is 743. The second-order valence-electron chi connectivity index (χ2n) is 6.07. The summed E-state index contributed by atoms with van der Waals surface area (Å²) in [5, 5.41) is 7.13. The molecule has 0 atom stereocenters. The zero-order valence-corrected chi connectivity index (χ0v) is 14.6. The molecule has 0 unspecified atom stereocenters. The van der Waals surface area contributed by atoms with Crippen molar-refractivity contribution >= 4 is 27.7 Å². The number of likely N-dealkylation sites (N-methyl/N-ethyl adjacent to an activating group) is 1. The maximum Gasteiger partial charge on any atom is 0.410 e. The monoisotopic (exact) mass is 361 g/mol. The number of carbonyl (C=O) groups excluding carboxylic acids is 2. The molecule has 2 amide bonds. The highest BCUT2D eigenvalue weighted by atomic mass is 32.2. The molecule has 0 heterocycles. The standard InChI is InChI=1S/C14H20FN3O5S/c1-14(2,3)23-13(20)18(4)8-12(19)17-11-6-5-9(7-10(11)15)24(16,21)22/h5-7H,8H2,1-4H3,(H,17,19)(H2,16,21,22). The first-order valence-electron chi connectivity index (χ1n) is 6.86. The van der Waals surface area contributed by atoms with Crippen LogP contribution in [0, 0.1) is 5.82 Å². The van der Waals surface area contributed by atoms with Gasteiger partial charge in [0.05, 0.1) is 10.6 Å². The van der Waals surface area contributed by atoms with Crippen LogP contribution in [-0.2, 0) is 19.6 Å². The van der Waals surface area contributed by atoms with Gasteiger partial charge in [-0.05, 0) is 39.0 Å². The van der Waals surface area contributed by atoms with Crippen LogP contribution in [0.5, 0.6) is 0 Å². The zero-order chi connectivity index (χ0) is 18.7. The van der Waals surface area contributed by atoms with Gasteiger partial charge in [-0.15, -0.1) is 0 Å². The first kappa shape index (κ1) is 19.8. The van der Waals surface area contributed by atoms with Crippen LogP contribution < -0.4 is 10.5 Å². The summed E-state index contributed by atoms with van der Waals surface area (Å²) >= 11 is 0. The van der Waals surface area contributed by atoms with E-state index in [1.54, 1.807) is 20.8 Å². The molecule has 0 bridgehead atoms. The molecule has 0 saturated heterocycles. The molecule has 1 aromatic rings. The first-order chi connectivity index (χ1) is 10.8. The average Bonchev–Trinajstić information content (AvgIpc) is 2.37. The minimum absolute atomic E-state index is 0.231. The van der Waals surface area contributed by atoms with E-state index in [1.807, 2.05) is 0 Å². The summed E-state index contributed by atoms with van der Waals surface area (Å²) in [6, 6.07) is 2.83. The third kappa shape index (κ3) is 6.13. The summed E-state index contributed by atoms with van der Waals surface area (Å²) < 4.78 is 41.1. The molecule has 0 aliphatic rings. The molecule has 0 aliphatic heterocycles. The fourth-order valence-electron chi connectivity index (χ4n) is 1.58. The number of nitrogens with zero attached hydrogens (tertiary/aromatic N) is 1.